The highest BCUT2D eigenvalue weighted by molar-refractivity contribution is 9.10. The second kappa shape index (κ2) is 8.58. The quantitative estimate of drug-likeness (QED) is 0.429. The van der Waals surface area contributed by atoms with Gasteiger partial charge >= 0.3 is 6.03 Å². The van der Waals surface area contributed by atoms with Crippen LogP contribution in [0.1, 0.15) is 25.8 Å². The van der Waals surface area contributed by atoms with Crippen molar-refractivity contribution >= 4 is 33.9 Å². The number of urea groups is 1. The van der Waals surface area contributed by atoms with Crippen LogP contribution in [0, 0.1) is 12.3 Å². The molecule has 1 fully saturated rings. The maximum absolute atomic E-state index is 12.3. The Hall–Kier alpha value is -2.46. The van der Waals surface area contributed by atoms with Gasteiger partial charge in [-0.05, 0) is 53.0 Å². The van der Waals surface area contributed by atoms with Crippen LogP contribution in [0.4, 0.5) is 4.79 Å². The monoisotopic (exact) mass is 406 g/mol. The molecule has 0 atom stereocenters. The van der Waals surface area contributed by atoms with Gasteiger partial charge in [0.15, 0.2) is 11.5 Å². The van der Waals surface area contributed by atoms with Crippen molar-refractivity contribution in [1.29, 1.82) is 0 Å². The molecule has 0 spiro atoms. The summed E-state index contributed by atoms with van der Waals surface area (Å²) in [7, 11) is 0. The minimum atomic E-state index is -0.406. The van der Waals surface area contributed by atoms with Crippen LogP contribution in [0.25, 0.3) is 6.08 Å². The van der Waals surface area contributed by atoms with Crippen molar-refractivity contribution in [2.45, 2.75) is 20.3 Å². The number of hydrogen-bond donors (Lipinski definition) is 1. The van der Waals surface area contributed by atoms with Crippen LogP contribution >= 0.6 is 15.9 Å². The number of terminal acetylenes is 1. The number of nitrogens with one attached hydrogen (secondary N) is 1. The van der Waals surface area contributed by atoms with Crippen molar-refractivity contribution in [3.8, 4) is 23.8 Å². The zero-order valence-corrected chi connectivity index (χ0v) is 15.7. The number of benzene rings is 1. The lowest BCUT2D eigenvalue weighted by Gasteiger charge is -2.13. The summed E-state index contributed by atoms with van der Waals surface area (Å²) in [6.07, 6.45) is 7.54. The molecule has 0 aromatic heterocycles. The molecule has 0 radical (unpaired) electrons. The number of nitrogens with zero attached hydrogens (tertiary/aromatic N) is 1. The minimum Gasteiger partial charge on any atom is -0.490 e. The van der Waals surface area contributed by atoms with Crippen molar-refractivity contribution in [1.82, 2.24) is 10.2 Å². The summed E-state index contributed by atoms with van der Waals surface area (Å²) < 4.78 is 11.7. The number of halogens is 1. The number of hydrogen-bond acceptors (Lipinski definition) is 4. The fourth-order valence-electron chi connectivity index (χ4n) is 2.35. The van der Waals surface area contributed by atoms with Gasteiger partial charge < -0.3 is 14.8 Å². The highest BCUT2D eigenvalue weighted by Crippen LogP contribution is 2.37. The van der Waals surface area contributed by atoms with E-state index < -0.39 is 6.03 Å². The largest absolute Gasteiger partial charge is 0.490 e. The van der Waals surface area contributed by atoms with Crippen LogP contribution in [-0.2, 0) is 4.79 Å². The molecule has 1 aliphatic heterocycles. The average molecular weight is 407 g/mol. The molecular formula is C18H19BrN2O4. The van der Waals surface area contributed by atoms with Crippen LogP contribution in [0.3, 0.4) is 0 Å². The summed E-state index contributed by atoms with van der Waals surface area (Å²) >= 11 is 3.43. The number of amides is 3. The molecule has 6 nitrogen and oxygen atoms in total. The zero-order valence-electron chi connectivity index (χ0n) is 14.1. The smallest absolute Gasteiger partial charge is 0.329 e. The third kappa shape index (κ3) is 4.34. The Kier molecular flexibility index (Phi) is 6.48. The normalized spacial score (nSPS) is 15.3. The van der Waals surface area contributed by atoms with E-state index in [0.29, 0.717) is 41.1 Å². The van der Waals surface area contributed by atoms with Gasteiger partial charge in [0.2, 0.25) is 0 Å². The predicted molar refractivity (Wildman–Crippen MR) is 98.2 cm³/mol. The first-order valence-corrected chi connectivity index (χ1v) is 8.68. The van der Waals surface area contributed by atoms with E-state index in [9.17, 15) is 9.59 Å². The lowest BCUT2D eigenvalue weighted by molar-refractivity contribution is -0.122. The van der Waals surface area contributed by atoms with Crippen molar-refractivity contribution in [3.63, 3.8) is 0 Å². The molecule has 0 bridgehead atoms. The van der Waals surface area contributed by atoms with E-state index in [1.807, 2.05) is 13.8 Å². The van der Waals surface area contributed by atoms with Crippen LogP contribution in [0.15, 0.2) is 22.3 Å². The average Bonchev–Trinajstić information content (AvgIpc) is 2.82. The predicted octanol–water partition coefficient (Wildman–Crippen LogP) is 3.16. The Bertz CT molecular complexity index is 752. The van der Waals surface area contributed by atoms with E-state index >= 15 is 0 Å². The third-order valence-corrected chi connectivity index (χ3v) is 3.94. The Balaban J connectivity index is 2.35. The maximum atomic E-state index is 12.3. The van der Waals surface area contributed by atoms with Gasteiger partial charge in [0, 0.05) is 6.54 Å². The van der Waals surface area contributed by atoms with E-state index in [1.54, 1.807) is 18.2 Å². The molecule has 25 heavy (non-hydrogen) atoms. The third-order valence-electron chi connectivity index (χ3n) is 3.35. The van der Waals surface area contributed by atoms with Crippen molar-refractivity contribution in [2.75, 3.05) is 19.8 Å². The SMILES string of the molecule is C#CCOc1c(Br)cc(/C=C2/NC(=O)N(CCC)C2=O)cc1OCC. The minimum absolute atomic E-state index is 0.111. The highest BCUT2D eigenvalue weighted by atomic mass is 79.9. The molecule has 1 N–H and O–H groups in total. The molecule has 1 aromatic carbocycles. The van der Waals surface area contributed by atoms with Crippen LogP contribution in [0.2, 0.25) is 0 Å². The number of carbonyl (C=O) groups is 2. The van der Waals surface area contributed by atoms with E-state index in [4.69, 9.17) is 15.9 Å². The fraction of sp³-hybridized carbons (Fsp3) is 0.333. The molecule has 3 amide bonds. The van der Waals surface area contributed by atoms with E-state index in [2.05, 4.69) is 27.2 Å². The van der Waals surface area contributed by atoms with Gasteiger partial charge in [-0.2, -0.15) is 0 Å². The molecule has 1 aliphatic rings. The van der Waals surface area contributed by atoms with Gasteiger partial charge in [0.1, 0.15) is 12.3 Å². The van der Waals surface area contributed by atoms with Crippen LogP contribution in [0.5, 0.6) is 11.5 Å². The second-order valence-corrected chi connectivity index (χ2v) is 6.06. The summed E-state index contributed by atoms with van der Waals surface area (Å²) in [4.78, 5) is 25.4. The van der Waals surface area contributed by atoms with Crippen molar-refractivity contribution in [3.05, 3.63) is 27.9 Å². The summed E-state index contributed by atoms with van der Waals surface area (Å²) in [5.41, 5.74) is 0.912. The Morgan fingerprint density at radius 1 is 1.32 bits per heavy atom. The first-order chi connectivity index (χ1) is 12.0. The first kappa shape index (κ1) is 18.9. The summed E-state index contributed by atoms with van der Waals surface area (Å²) in [5, 5.41) is 2.59. The molecule has 7 heteroatoms. The van der Waals surface area contributed by atoms with Gasteiger partial charge in [-0.15, -0.1) is 6.42 Å². The van der Waals surface area contributed by atoms with Gasteiger partial charge in [-0.25, -0.2) is 4.79 Å². The Labute approximate surface area is 155 Å². The van der Waals surface area contributed by atoms with Crippen LogP contribution in [-0.4, -0.2) is 36.6 Å². The van der Waals surface area contributed by atoms with Crippen LogP contribution < -0.4 is 14.8 Å². The number of rotatable bonds is 7. The van der Waals surface area contributed by atoms with E-state index in [0.717, 1.165) is 0 Å². The first-order valence-electron chi connectivity index (χ1n) is 7.88. The standard InChI is InChI=1S/C18H19BrN2O4/c1-4-7-21-17(22)14(20-18(21)23)10-12-9-13(19)16(25-8-5-2)15(11-12)24-6-3/h2,9-11H,4,6-8H2,1,3H3,(H,20,23)/b14-10+. The molecule has 0 aliphatic carbocycles. The van der Waals surface area contributed by atoms with Crippen molar-refractivity contribution in [2.24, 2.45) is 0 Å². The number of imide groups is 1. The molecule has 1 heterocycles. The molecule has 1 saturated heterocycles. The molecule has 0 unspecified atom stereocenters. The summed E-state index contributed by atoms with van der Waals surface area (Å²) in [5.74, 6) is 3.06. The second-order valence-electron chi connectivity index (χ2n) is 5.20. The van der Waals surface area contributed by atoms with Gasteiger partial charge in [0.25, 0.3) is 5.91 Å². The lowest BCUT2D eigenvalue weighted by atomic mass is 10.1. The molecule has 1 aromatic rings. The van der Waals surface area contributed by atoms with E-state index in [1.165, 1.54) is 4.90 Å². The van der Waals surface area contributed by atoms with Crippen molar-refractivity contribution < 1.29 is 19.1 Å². The lowest BCUT2D eigenvalue weighted by Crippen LogP contribution is -2.31. The van der Waals surface area contributed by atoms with Gasteiger partial charge in [0.05, 0.1) is 11.1 Å². The number of carbonyl (C=O) groups excluding carboxylic acids is 2. The van der Waals surface area contributed by atoms with Gasteiger partial charge in [-0.3, -0.25) is 9.69 Å². The fourth-order valence-corrected chi connectivity index (χ4v) is 2.93. The van der Waals surface area contributed by atoms with E-state index in [-0.39, 0.29) is 18.2 Å². The highest BCUT2D eigenvalue weighted by Gasteiger charge is 2.32. The van der Waals surface area contributed by atoms with Gasteiger partial charge in [-0.1, -0.05) is 12.8 Å². The molecular weight excluding hydrogens is 388 g/mol. The zero-order chi connectivity index (χ0) is 18.4. The summed E-state index contributed by atoms with van der Waals surface area (Å²) in [6, 6.07) is 3.09. The topological polar surface area (TPSA) is 67.9 Å². The molecule has 132 valence electrons. The molecule has 2 rings (SSSR count). The maximum Gasteiger partial charge on any atom is 0.329 e. The molecule has 0 saturated carbocycles. The summed E-state index contributed by atoms with van der Waals surface area (Å²) in [6.45, 7) is 4.70. The Morgan fingerprint density at radius 2 is 2.08 bits per heavy atom. The Morgan fingerprint density at radius 3 is 2.72 bits per heavy atom. The number of ether oxygens (including phenoxy) is 2.